The highest BCUT2D eigenvalue weighted by Gasteiger charge is 2.52. The molecule has 0 atom stereocenters. The number of nitrogens with zero attached hydrogens (tertiary/aromatic N) is 1. The van der Waals surface area contributed by atoms with E-state index < -0.39 is 0 Å². The van der Waals surface area contributed by atoms with Gasteiger partial charge in [-0.25, -0.2) is 0 Å². The lowest BCUT2D eigenvalue weighted by atomic mass is 9.48. The van der Waals surface area contributed by atoms with Crippen molar-refractivity contribution in [1.82, 2.24) is 0 Å². The van der Waals surface area contributed by atoms with E-state index in [0.717, 1.165) is 24.3 Å². The van der Waals surface area contributed by atoms with Crippen LogP contribution in [0.4, 0.5) is 0 Å². The maximum atomic E-state index is 5.05. The minimum absolute atomic E-state index is 0.553. The Hall–Kier alpha value is -0.330. The van der Waals surface area contributed by atoms with E-state index in [0.29, 0.717) is 5.41 Å². The first-order chi connectivity index (χ1) is 10.2. The number of hydrogen-bond acceptors (Lipinski definition) is 1. The van der Waals surface area contributed by atoms with Crippen LogP contribution in [0.1, 0.15) is 90.9 Å². The molecule has 1 nitrogen and oxygen atoms in total. The van der Waals surface area contributed by atoms with Crippen LogP contribution in [0.5, 0.6) is 0 Å². The fourth-order valence-electron chi connectivity index (χ4n) is 5.86. The van der Waals surface area contributed by atoms with E-state index in [2.05, 4.69) is 13.8 Å². The third-order valence-electron chi connectivity index (χ3n) is 6.67. The van der Waals surface area contributed by atoms with Crippen molar-refractivity contribution < 1.29 is 0 Å². The first kappa shape index (κ1) is 15.6. The van der Waals surface area contributed by atoms with Gasteiger partial charge in [-0.05, 0) is 69.6 Å². The van der Waals surface area contributed by atoms with Crippen LogP contribution < -0.4 is 0 Å². The van der Waals surface area contributed by atoms with Crippen LogP contribution >= 0.6 is 0 Å². The van der Waals surface area contributed by atoms with Crippen molar-refractivity contribution >= 4 is 5.71 Å². The standard InChI is InChI=1S/C20H35N/c1-3-4-5-6-7-8-9-21-16(2)20-13-17-10-18(14-20)12-19(11-17)15-20/h17-19H,3-15H2,1-2H3. The normalized spacial score (nSPS) is 38.2. The number of unbranched alkanes of at least 4 members (excludes halogenated alkanes) is 5. The molecule has 0 saturated heterocycles. The highest BCUT2D eigenvalue weighted by molar-refractivity contribution is 5.88. The quantitative estimate of drug-likeness (QED) is 0.382. The van der Waals surface area contributed by atoms with Crippen molar-refractivity contribution in [2.75, 3.05) is 6.54 Å². The monoisotopic (exact) mass is 289 g/mol. The van der Waals surface area contributed by atoms with Gasteiger partial charge in [-0.3, -0.25) is 4.99 Å². The van der Waals surface area contributed by atoms with Crippen molar-refractivity contribution in [1.29, 1.82) is 0 Å². The molecular weight excluding hydrogens is 254 g/mol. The molecule has 0 aromatic heterocycles. The van der Waals surface area contributed by atoms with Crippen LogP contribution in [-0.2, 0) is 0 Å². The summed E-state index contributed by atoms with van der Waals surface area (Å²) in [5, 5.41) is 0. The summed E-state index contributed by atoms with van der Waals surface area (Å²) in [4.78, 5) is 5.05. The largest absolute Gasteiger partial charge is 0.294 e. The lowest BCUT2D eigenvalue weighted by molar-refractivity contribution is -0.0127. The first-order valence-corrected chi connectivity index (χ1v) is 9.73. The Morgan fingerprint density at radius 3 is 1.95 bits per heavy atom. The molecule has 120 valence electrons. The fourth-order valence-corrected chi connectivity index (χ4v) is 5.86. The average Bonchev–Trinajstić information content (AvgIpc) is 2.44. The smallest absolute Gasteiger partial charge is 0.0388 e. The first-order valence-electron chi connectivity index (χ1n) is 9.73. The highest BCUT2D eigenvalue weighted by atomic mass is 14.8. The van der Waals surface area contributed by atoms with Crippen molar-refractivity contribution in [3.8, 4) is 0 Å². The van der Waals surface area contributed by atoms with Crippen LogP contribution in [0.25, 0.3) is 0 Å². The minimum atomic E-state index is 0.553. The van der Waals surface area contributed by atoms with Crippen LogP contribution in [0.3, 0.4) is 0 Å². The average molecular weight is 290 g/mol. The number of aliphatic imine (C=N–C) groups is 1. The van der Waals surface area contributed by atoms with Gasteiger partial charge in [0.05, 0.1) is 0 Å². The molecule has 1 heteroatoms. The van der Waals surface area contributed by atoms with Gasteiger partial charge in [0.15, 0.2) is 0 Å². The molecule has 0 aliphatic heterocycles. The van der Waals surface area contributed by atoms with E-state index in [1.165, 1.54) is 63.5 Å². The molecular formula is C20H35N. The summed E-state index contributed by atoms with van der Waals surface area (Å²) in [5.74, 6) is 3.15. The van der Waals surface area contributed by atoms with Gasteiger partial charge < -0.3 is 0 Å². The predicted octanol–water partition coefficient (Wildman–Crippen LogP) is 6.02. The van der Waals surface area contributed by atoms with Gasteiger partial charge in [0.2, 0.25) is 0 Å². The predicted molar refractivity (Wildman–Crippen MR) is 92.0 cm³/mol. The molecule has 0 aromatic carbocycles. The van der Waals surface area contributed by atoms with Crippen molar-refractivity contribution in [3.05, 3.63) is 0 Å². The third kappa shape index (κ3) is 3.54. The van der Waals surface area contributed by atoms with Crippen LogP contribution in [0.2, 0.25) is 0 Å². The Morgan fingerprint density at radius 2 is 1.38 bits per heavy atom. The summed E-state index contributed by atoms with van der Waals surface area (Å²) in [6.45, 7) is 5.75. The van der Waals surface area contributed by atoms with Crippen molar-refractivity contribution in [2.24, 2.45) is 28.2 Å². The Kier molecular flexibility index (Phi) is 5.07. The zero-order valence-electron chi connectivity index (χ0n) is 14.4. The SMILES string of the molecule is CCCCCCCCN=C(C)C12CC3CC(CC(C3)C1)C2. The summed E-state index contributed by atoms with van der Waals surface area (Å²) >= 11 is 0. The maximum Gasteiger partial charge on any atom is 0.0388 e. The molecule has 0 unspecified atom stereocenters. The Bertz CT molecular complexity index is 333. The molecule has 21 heavy (non-hydrogen) atoms. The molecule has 4 rings (SSSR count). The second-order valence-corrected chi connectivity index (χ2v) is 8.43. The minimum Gasteiger partial charge on any atom is -0.294 e. The van der Waals surface area contributed by atoms with Gasteiger partial charge in [-0.1, -0.05) is 39.0 Å². The van der Waals surface area contributed by atoms with Gasteiger partial charge in [0, 0.05) is 17.7 Å². The molecule has 0 N–H and O–H groups in total. The molecule has 4 aliphatic carbocycles. The van der Waals surface area contributed by atoms with Crippen molar-refractivity contribution in [2.45, 2.75) is 90.9 Å². The molecule has 4 bridgehead atoms. The zero-order valence-corrected chi connectivity index (χ0v) is 14.4. The van der Waals surface area contributed by atoms with Gasteiger partial charge in [-0.2, -0.15) is 0 Å². The number of rotatable bonds is 8. The summed E-state index contributed by atoms with van der Waals surface area (Å²) in [7, 11) is 0. The second kappa shape index (κ2) is 6.84. The topological polar surface area (TPSA) is 12.4 Å². The van der Waals surface area contributed by atoms with Gasteiger partial charge in [0.25, 0.3) is 0 Å². The van der Waals surface area contributed by atoms with Crippen LogP contribution in [0, 0.1) is 23.2 Å². The third-order valence-corrected chi connectivity index (χ3v) is 6.67. The molecule has 0 radical (unpaired) electrons. The second-order valence-electron chi connectivity index (χ2n) is 8.43. The van der Waals surface area contributed by atoms with Gasteiger partial charge in [-0.15, -0.1) is 0 Å². The van der Waals surface area contributed by atoms with Gasteiger partial charge >= 0.3 is 0 Å². The van der Waals surface area contributed by atoms with Gasteiger partial charge in [0.1, 0.15) is 0 Å². The molecule has 4 fully saturated rings. The molecule has 4 saturated carbocycles. The highest BCUT2D eigenvalue weighted by Crippen LogP contribution is 2.60. The summed E-state index contributed by atoms with van der Waals surface area (Å²) in [5.41, 5.74) is 2.09. The Balaban J connectivity index is 1.46. The van der Waals surface area contributed by atoms with E-state index in [-0.39, 0.29) is 0 Å². The molecule has 0 aromatic rings. The number of hydrogen-bond donors (Lipinski definition) is 0. The van der Waals surface area contributed by atoms with Crippen LogP contribution in [0.15, 0.2) is 4.99 Å². The van der Waals surface area contributed by atoms with E-state index in [1.807, 2.05) is 0 Å². The Labute approximate surface area is 132 Å². The molecule has 4 aliphatic rings. The van der Waals surface area contributed by atoms with E-state index in [1.54, 1.807) is 19.3 Å². The summed E-state index contributed by atoms with van der Waals surface area (Å²) < 4.78 is 0. The fraction of sp³-hybridized carbons (Fsp3) is 0.950. The van der Waals surface area contributed by atoms with Crippen molar-refractivity contribution in [3.63, 3.8) is 0 Å². The lowest BCUT2D eigenvalue weighted by Crippen LogP contribution is -2.49. The van der Waals surface area contributed by atoms with E-state index in [4.69, 9.17) is 4.99 Å². The zero-order chi connectivity index (χ0) is 14.7. The van der Waals surface area contributed by atoms with E-state index in [9.17, 15) is 0 Å². The molecule has 0 spiro atoms. The summed E-state index contributed by atoms with van der Waals surface area (Å²) in [6, 6.07) is 0. The lowest BCUT2D eigenvalue weighted by Gasteiger charge is -2.56. The Morgan fingerprint density at radius 1 is 0.857 bits per heavy atom. The van der Waals surface area contributed by atoms with Crippen LogP contribution in [-0.4, -0.2) is 12.3 Å². The maximum absolute atomic E-state index is 5.05. The molecule has 0 amide bonds. The van der Waals surface area contributed by atoms with E-state index >= 15 is 0 Å². The molecule has 0 heterocycles. The summed E-state index contributed by atoms with van der Waals surface area (Å²) in [6.07, 6.45) is 17.4.